The van der Waals surface area contributed by atoms with E-state index in [1.807, 2.05) is 35.1 Å². The number of urea groups is 1. The number of carbonyl (C=O) groups excluding carboxylic acids is 1. The number of rotatable bonds is 5. The summed E-state index contributed by atoms with van der Waals surface area (Å²) < 4.78 is 27.0. The predicted octanol–water partition coefficient (Wildman–Crippen LogP) is 4.01. The summed E-state index contributed by atoms with van der Waals surface area (Å²) in [6, 6.07) is 23.0. The van der Waals surface area contributed by atoms with Crippen molar-refractivity contribution in [2.75, 3.05) is 16.0 Å². The quantitative estimate of drug-likeness (QED) is 0.460. The van der Waals surface area contributed by atoms with Gasteiger partial charge in [0.05, 0.1) is 4.90 Å². The van der Waals surface area contributed by atoms with Crippen LogP contribution in [-0.4, -0.2) is 19.6 Å². The molecule has 3 aromatic carbocycles. The summed E-state index contributed by atoms with van der Waals surface area (Å²) in [7, 11) is -4.06. The number of hydrogen-bond donors (Lipinski definition) is 4. The lowest BCUT2D eigenvalue weighted by Gasteiger charge is -2.12. The van der Waals surface area contributed by atoms with Gasteiger partial charge in [-0.05, 0) is 54.7 Å². The van der Waals surface area contributed by atoms with Gasteiger partial charge in [-0.1, -0.05) is 42.5 Å². The van der Waals surface area contributed by atoms with Crippen molar-refractivity contribution in [3.05, 3.63) is 84.9 Å². The Balaban J connectivity index is 1.65. The number of sulfonamides is 1. The van der Waals surface area contributed by atoms with Gasteiger partial charge >= 0.3 is 6.03 Å². The fourth-order valence-electron chi connectivity index (χ4n) is 2.41. The molecule has 0 radical (unpaired) electrons. The van der Waals surface area contributed by atoms with Crippen LogP contribution in [0.4, 0.5) is 21.9 Å². The van der Waals surface area contributed by atoms with Crippen molar-refractivity contribution in [2.45, 2.75) is 4.90 Å². The van der Waals surface area contributed by atoms with Gasteiger partial charge in [0.25, 0.3) is 10.0 Å². The molecule has 3 aromatic rings. The summed E-state index contributed by atoms with van der Waals surface area (Å²) in [6.45, 7) is 0. The monoisotopic (exact) mass is 426 g/mol. The molecule has 7 nitrogen and oxygen atoms in total. The van der Waals surface area contributed by atoms with E-state index in [2.05, 4.69) is 16.0 Å². The molecule has 0 aromatic heterocycles. The second-order valence-electron chi connectivity index (χ2n) is 5.90. The second kappa shape index (κ2) is 9.18. The van der Waals surface area contributed by atoms with Crippen LogP contribution in [0.5, 0.6) is 0 Å². The van der Waals surface area contributed by atoms with E-state index in [1.54, 1.807) is 42.5 Å². The summed E-state index contributed by atoms with van der Waals surface area (Å²) in [6.07, 6.45) is 0. The number of para-hydroxylation sites is 2. The highest BCUT2D eigenvalue weighted by Gasteiger charge is 2.18. The Kier molecular flexibility index (Phi) is 6.43. The number of anilines is 3. The van der Waals surface area contributed by atoms with Crippen molar-refractivity contribution in [2.24, 2.45) is 0 Å². The summed E-state index contributed by atoms with van der Waals surface area (Å²) in [4.78, 5) is 11.9. The Labute approximate surface area is 174 Å². The van der Waals surface area contributed by atoms with Gasteiger partial charge in [-0.15, -0.1) is 0 Å². The molecule has 0 unspecified atom stereocenters. The smallest absolute Gasteiger partial charge is 0.332 e. The van der Waals surface area contributed by atoms with E-state index >= 15 is 0 Å². The normalized spacial score (nSPS) is 10.6. The molecule has 0 aliphatic heterocycles. The van der Waals surface area contributed by atoms with Crippen molar-refractivity contribution >= 4 is 50.4 Å². The van der Waals surface area contributed by atoms with E-state index in [0.29, 0.717) is 16.5 Å². The van der Waals surface area contributed by atoms with Crippen LogP contribution in [-0.2, 0) is 10.0 Å². The number of thiocarbonyl (C=S) groups is 1. The molecular formula is C20H18N4O3S2. The molecule has 9 heteroatoms. The maximum Gasteiger partial charge on any atom is 0.333 e. The van der Waals surface area contributed by atoms with Crippen LogP contribution in [0.1, 0.15) is 0 Å². The molecule has 0 fully saturated rings. The number of nitrogens with one attached hydrogen (secondary N) is 4. The average molecular weight is 427 g/mol. The van der Waals surface area contributed by atoms with Crippen LogP contribution in [0.3, 0.4) is 0 Å². The summed E-state index contributed by atoms with van der Waals surface area (Å²) in [5.41, 5.74) is 1.74. The molecule has 0 aliphatic carbocycles. The Bertz CT molecular complexity index is 1100. The van der Waals surface area contributed by atoms with Gasteiger partial charge < -0.3 is 16.0 Å². The zero-order valence-corrected chi connectivity index (χ0v) is 16.8. The molecular weight excluding hydrogens is 408 g/mol. The molecule has 29 heavy (non-hydrogen) atoms. The number of benzene rings is 3. The first kappa shape index (κ1) is 20.3. The van der Waals surface area contributed by atoms with Gasteiger partial charge in [0.2, 0.25) is 0 Å². The van der Waals surface area contributed by atoms with E-state index in [1.165, 1.54) is 12.1 Å². The molecule has 0 spiro atoms. The highest BCUT2D eigenvalue weighted by Crippen LogP contribution is 2.16. The lowest BCUT2D eigenvalue weighted by molar-refractivity contribution is 0.256. The van der Waals surface area contributed by atoms with Gasteiger partial charge in [0.15, 0.2) is 5.11 Å². The molecule has 0 saturated carbocycles. The Hall–Kier alpha value is -3.43. The largest absolute Gasteiger partial charge is 0.333 e. The maximum atomic E-state index is 12.5. The summed E-state index contributed by atoms with van der Waals surface area (Å²) in [5, 5.41) is 8.70. The summed E-state index contributed by atoms with van der Waals surface area (Å²) in [5.74, 6) is 0. The third-order valence-corrected chi connectivity index (χ3v) is 5.23. The molecule has 0 saturated heterocycles. The molecule has 0 bridgehead atoms. The van der Waals surface area contributed by atoms with Crippen molar-refractivity contribution < 1.29 is 13.2 Å². The van der Waals surface area contributed by atoms with Gasteiger partial charge in [-0.25, -0.2) is 17.9 Å². The van der Waals surface area contributed by atoms with Gasteiger partial charge in [-0.3, -0.25) is 0 Å². The highest BCUT2D eigenvalue weighted by atomic mass is 32.2. The minimum atomic E-state index is -4.06. The molecule has 4 N–H and O–H groups in total. The first-order valence-corrected chi connectivity index (χ1v) is 10.4. The van der Waals surface area contributed by atoms with E-state index in [-0.39, 0.29) is 4.90 Å². The van der Waals surface area contributed by atoms with Crippen molar-refractivity contribution in [3.63, 3.8) is 0 Å². The van der Waals surface area contributed by atoms with E-state index < -0.39 is 16.1 Å². The first-order chi connectivity index (χ1) is 13.9. The van der Waals surface area contributed by atoms with Crippen LogP contribution >= 0.6 is 12.2 Å². The Morgan fingerprint density at radius 2 is 1.21 bits per heavy atom. The molecule has 2 amide bonds. The van der Waals surface area contributed by atoms with Crippen LogP contribution in [0.25, 0.3) is 0 Å². The van der Waals surface area contributed by atoms with Gasteiger partial charge in [0.1, 0.15) is 0 Å². The van der Waals surface area contributed by atoms with Crippen LogP contribution in [0.15, 0.2) is 89.8 Å². The molecule has 0 aliphatic rings. The minimum Gasteiger partial charge on any atom is -0.332 e. The van der Waals surface area contributed by atoms with Crippen molar-refractivity contribution in [3.8, 4) is 0 Å². The van der Waals surface area contributed by atoms with Crippen molar-refractivity contribution in [1.29, 1.82) is 0 Å². The van der Waals surface area contributed by atoms with E-state index in [9.17, 15) is 13.2 Å². The third-order valence-electron chi connectivity index (χ3n) is 3.69. The summed E-state index contributed by atoms with van der Waals surface area (Å²) >= 11 is 5.25. The Morgan fingerprint density at radius 1 is 0.690 bits per heavy atom. The number of hydrogen-bond acceptors (Lipinski definition) is 4. The van der Waals surface area contributed by atoms with E-state index in [4.69, 9.17) is 12.2 Å². The van der Waals surface area contributed by atoms with Crippen LogP contribution < -0.4 is 20.7 Å². The van der Waals surface area contributed by atoms with Crippen molar-refractivity contribution in [1.82, 2.24) is 4.72 Å². The molecule has 3 rings (SSSR count). The maximum absolute atomic E-state index is 12.5. The number of carbonyl (C=O) groups is 1. The molecule has 148 valence electrons. The minimum absolute atomic E-state index is 0.0757. The third kappa shape index (κ3) is 6.03. The SMILES string of the molecule is O=C(Nc1ccccc1)NS(=O)(=O)c1cccc(NC(=S)Nc2ccccc2)c1. The number of amides is 2. The van der Waals surface area contributed by atoms with Crippen LogP contribution in [0.2, 0.25) is 0 Å². The van der Waals surface area contributed by atoms with E-state index in [0.717, 1.165) is 5.69 Å². The standard InChI is InChI=1S/C20H18N4O3S2/c25-19(21-15-8-3-1-4-9-15)24-29(26,27)18-13-7-12-17(14-18)23-20(28)22-16-10-5-2-6-11-16/h1-14H,(H2,21,24,25)(H2,22,23,28). The van der Waals surface area contributed by atoms with Crippen LogP contribution in [0, 0.1) is 0 Å². The molecule has 0 heterocycles. The zero-order chi connectivity index (χ0) is 20.7. The zero-order valence-electron chi connectivity index (χ0n) is 15.1. The Morgan fingerprint density at radius 3 is 1.83 bits per heavy atom. The topological polar surface area (TPSA) is 99.3 Å². The first-order valence-electron chi connectivity index (χ1n) is 8.54. The lowest BCUT2D eigenvalue weighted by atomic mass is 10.3. The average Bonchev–Trinajstić information content (AvgIpc) is 2.69. The fraction of sp³-hybridized carbons (Fsp3) is 0. The molecule has 0 atom stereocenters. The predicted molar refractivity (Wildman–Crippen MR) is 119 cm³/mol. The highest BCUT2D eigenvalue weighted by molar-refractivity contribution is 7.90. The lowest BCUT2D eigenvalue weighted by Crippen LogP contribution is -2.34. The second-order valence-corrected chi connectivity index (χ2v) is 7.99. The van der Waals surface area contributed by atoms with Gasteiger partial charge in [0, 0.05) is 17.1 Å². The fourth-order valence-corrected chi connectivity index (χ4v) is 3.60. The van der Waals surface area contributed by atoms with Gasteiger partial charge in [-0.2, -0.15) is 0 Å².